The highest BCUT2D eigenvalue weighted by atomic mass is 35.5. The molecule has 6 rings (SSSR count). The predicted octanol–water partition coefficient (Wildman–Crippen LogP) is 8.20. The van der Waals surface area contributed by atoms with Crippen molar-refractivity contribution in [2.45, 2.75) is 38.5 Å². The molecule has 0 atom stereocenters. The van der Waals surface area contributed by atoms with E-state index in [0.717, 1.165) is 59.6 Å². The zero-order valence-corrected chi connectivity index (χ0v) is 25.0. The number of rotatable bonds is 8. The maximum absolute atomic E-state index is 6.21. The highest BCUT2D eigenvalue weighted by Crippen LogP contribution is 2.37. The van der Waals surface area contributed by atoms with Gasteiger partial charge in [-0.05, 0) is 70.8 Å². The van der Waals surface area contributed by atoms with Crippen LogP contribution in [0.5, 0.6) is 0 Å². The molecule has 206 valence electrons. The van der Waals surface area contributed by atoms with E-state index in [1.165, 1.54) is 22.3 Å². The second-order valence-corrected chi connectivity index (χ2v) is 12.3. The van der Waals surface area contributed by atoms with Crippen LogP contribution in [-0.2, 0) is 26.2 Å². The molecule has 0 radical (unpaired) electrons. The van der Waals surface area contributed by atoms with Crippen molar-refractivity contribution >= 4 is 46.4 Å². The number of benzene rings is 4. The molecule has 4 aromatic rings. The van der Waals surface area contributed by atoms with Crippen molar-refractivity contribution in [3.8, 4) is 0 Å². The van der Waals surface area contributed by atoms with Crippen molar-refractivity contribution in [1.82, 2.24) is 19.6 Å². The minimum absolute atomic E-state index is 0.200. The van der Waals surface area contributed by atoms with E-state index in [2.05, 4.69) is 68.1 Å². The third-order valence-corrected chi connectivity index (χ3v) is 8.69. The summed E-state index contributed by atoms with van der Waals surface area (Å²) in [5.41, 5.74) is 5.00. The van der Waals surface area contributed by atoms with Gasteiger partial charge < -0.3 is 0 Å². The summed E-state index contributed by atoms with van der Waals surface area (Å²) in [5.74, 6) is 0. The molecule has 0 aromatic heterocycles. The predicted molar refractivity (Wildman–Crippen MR) is 165 cm³/mol. The number of fused-ring (bicyclic) bond motifs is 1. The van der Waals surface area contributed by atoms with Crippen LogP contribution in [0.1, 0.15) is 22.3 Å². The van der Waals surface area contributed by atoms with Gasteiger partial charge in [0.05, 0.1) is 25.7 Å². The molecule has 2 aliphatic rings. The van der Waals surface area contributed by atoms with Gasteiger partial charge >= 0.3 is 0 Å². The summed E-state index contributed by atoms with van der Waals surface area (Å²) in [6.07, 6.45) is 0.400. The van der Waals surface area contributed by atoms with E-state index in [4.69, 9.17) is 46.4 Å². The van der Waals surface area contributed by atoms with Gasteiger partial charge in [0.2, 0.25) is 0 Å². The SMILES string of the molecule is Clc1ccc(CN2CN(Cc3ccc(Cl)cc3)C3C2N(Cc2ccc(Cl)cc2)CN3Cc2ccc(Cl)cc2)cc1. The maximum atomic E-state index is 6.21. The molecule has 0 saturated carbocycles. The Morgan fingerprint density at radius 3 is 0.775 bits per heavy atom. The van der Waals surface area contributed by atoms with Crippen LogP contribution in [0.2, 0.25) is 20.1 Å². The summed E-state index contributed by atoms with van der Waals surface area (Å²) in [6, 6.07) is 32.8. The maximum Gasteiger partial charge on any atom is 0.0948 e. The van der Waals surface area contributed by atoms with E-state index in [0.29, 0.717) is 0 Å². The second kappa shape index (κ2) is 12.4. The van der Waals surface area contributed by atoms with Crippen molar-refractivity contribution in [2.75, 3.05) is 13.3 Å². The van der Waals surface area contributed by atoms with Gasteiger partial charge in [0.15, 0.2) is 0 Å². The van der Waals surface area contributed by atoms with Gasteiger partial charge in [-0.3, -0.25) is 19.6 Å². The molecule has 40 heavy (non-hydrogen) atoms. The molecule has 0 bridgehead atoms. The number of hydrogen-bond donors (Lipinski definition) is 0. The smallest absolute Gasteiger partial charge is 0.0948 e. The Labute approximate surface area is 256 Å². The van der Waals surface area contributed by atoms with Gasteiger partial charge in [-0.15, -0.1) is 0 Å². The number of halogens is 4. The van der Waals surface area contributed by atoms with Gasteiger partial charge in [0, 0.05) is 46.3 Å². The summed E-state index contributed by atoms with van der Waals surface area (Å²) < 4.78 is 0. The summed E-state index contributed by atoms with van der Waals surface area (Å²) in [4.78, 5) is 10.3. The minimum Gasteiger partial charge on any atom is -0.268 e. The van der Waals surface area contributed by atoms with Crippen molar-refractivity contribution in [2.24, 2.45) is 0 Å². The highest BCUT2D eigenvalue weighted by molar-refractivity contribution is 6.31. The Balaban J connectivity index is 1.34. The molecule has 2 saturated heterocycles. The first kappa shape index (κ1) is 28.0. The molecule has 0 aliphatic carbocycles. The summed E-state index contributed by atoms with van der Waals surface area (Å²) in [6.45, 7) is 5.02. The molecule has 2 aliphatic heterocycles. The van der Waals surface area contributed by atoms with Gasteiger partial charge in [-0.2, -0.15) is 0 Å². The van der Waals surface area contributed by atoms with Crippen molar-refractivity contribution in [3.05, 3.63) is 139 Å². The topological polar surface area (TPSA) is 13.0 Å². The lowest BCUT2D eigenvalue weighted by Gasteiger charge is -2.30. The molecule has 8 heteroatoms. The van der Waals surface area contributed by atoms with Gasteiger partial charge in [0.25, 0.3) is 0 Å². The average Bonchev–Trinajstić information content (AvgIpc) is 3.48. The fourth-order valence-corrected chi connectivity index (χ4v) is 6.39. The third kappa shape index (κ3) is 6.51. The zero-order chi connectivity index (χ0) is 27.6. The molecule has 0 amide bonds. The molecule has 0 N–H and O–H groups in total. The first-order chi connectivity index (χ1) is 19.4. The first-order valence-corrected chi connectivity index (χ1v) is 14.9. The van der Waals surface area contributed by atoms with Crippen LogP contribution in [-0.4, -0.2) is 45.3 Å². The van der Waals surface area contributed by atoms with Gasteiger partial charge in [-0.1, -0.05) is 94.9 Å². The quantitative estimate of drug-likeness (QED) is 0.199. The van der Waals surface area contributed by atoms with Crippen LogP contribution in [0.3, 0.4) is 0 Å². The second-order valence-electron chi connectivity index (χ2n) is 10.6. The Morgan fingerprint density at radius 1 is 0.375 bits per heavy atom. The zero-order valence-electron chi connectivity index (χ0n) is 21.9. The number of hydrogen-bond acceptors (Lipinski definition) is 4. The number of nitrogens with zero attached hydrogens (tertiary/aromatic N) is 4. The normalized spacial score (nSPS) is 20.3. The van der Waals surface area contributed by atoms with E-state index in [1.807, 2.05) is 48.5 Å². The lowest BCUT2D eigenvalue weighted by atomic mass is 10.1. The summed E-state index contributed by atoms with van der Waals surface area (Å²) in [5, 5.41) is 3.03. The Bertz CT molecular complexity index is 1190. The van der Waals surface area contributed by atoms with Crippen molar-refractivity contribution in [1.29, 1.82) is 0 Å². The van der Waals surface area contributed by atoms with Crippen LogP contribution in [0, 0.1) is 0 Å². The lowest BCUT2D eigenvalue weighted by molar-refractivity contribution is 0.0697. The van der Waals surface area contributed by atoms with Crippen LogP contribution < -0.4 is 0 Å². The molecule has 2 fully saturated rings. The van der Waals surface area contributed by atoms with Crippen LogP contribution in [0.4, 0.5) is 0 Å². The molecular weight excluding hydrogens is 582 g/mol. The standard InChI is InChI=1S/C32H30Cl4N4/c33-27-9-1-23(2-10-27)17-37-21-38(18-24-3-11-28(34)12-4-24)32-31(37)39(19-25-5-13-29(35)14-6-25)22-40(32)20-26-7-15-30(36)16-8-26/h1-16,31-32H,17-22H2. The molecule has 2 heterocycles. The van der Waals surface area contributed by atoms with Gasteiger partial charge in [0.1, 0.15) is 0 Å². The Kier molecular flexibility index (Phi) is 8.69. The largest absolute Gasteiger partial charge is 0.268 e. The van der Waals surface area contributed by atoms with E-state index in [-0.39, 0.29) is 12.3 Å². The van der Waals surface area contributed by atoms with Gasteiger partial charge in [-0.25, -0.2) is 0 Å². The monoisotopic (exact) mass is 610 g/mol. The highest BCUT2D eigenvalue weighted by Gasteiger charge is 2.51. The Morgan fingerprint density at radius 2 is 0.575 bits per heavy atom. The van der Waals surface area contributed by atoms with E-state index in [9.17, 15) is 0 Å². The molecular formula is C32H30Cl4N4. The minimum atomic E-state index is 0.200. The third-order valence-electron chi connectivity index (χ3n) is 7.69. The van der Waals surface area contributed by atoms with Crippen molar-refractivity contribution < 1.29 is 0 Å². The molecule has 0 unspecified atom stereocenters. The van der Waals surface area contributed by atoms with Crippen LogP contribution in [0.25, 0.3) is 0 Å². The average molecular weight is 612 g/mol. The lowest BCUT2D eigenvalue weighted by Crippen LogP contribution is -2.45. The van der Waals surface area contributed by atoms with E-state index >= 15 is 0 Å². The summed E-state index contributed by atoms with van der Waals surface area (Å²) >= 11 is 24.8. The van der Waals surface area contributed by atoms with E-state index in [1.54, 1.807) is 0 Å². The van der Waals surface area contributed by atoms with Crippen LogP contribution >= 0.6 is 46.4 Å². The van der Waals surface area contributed by atoms with Crippen LogP contribution in [0.15, 0.2) is 97.1 Å². The Hall–Kier alpha value is -2.12. The first-order valence-electron chi connectivity index (χ1n) is 13.4. The summed E-state index contributed by atoms with van der Waals surface area (Å²) in [7, 11) is 0. The fourth-order valence-electron chi connectivity index (χ4n) is 5.89. The molecule has 4 aromatic carbocycles. The van der Waals surface area contributed by atoms with E-state index < -0.39 is 0 Å². The van der Waals surface area contributed by atoms with Crippen molar-refractivity contribution in [3.63, 3.8) is 0 Å². The molecule has 0 spiro atoms. The fraction of sp³-hybridized carbons (Fsp3) is 0.250. The molecule has 4 nitrogen and oxygen atoms in total.